The third kappa shape index (κ3) is 3.03. The molecule has 2 N–H and O–H groups in total. The molecule has 0 aliphatic carbocycles. The number of nitrogens with one attached hydrogen (secondary N) is 1. The van der Waals surface area contributed by atoms with Gasteiger partial charge in [-0.1, -0.05) is 0 Å². The fourth-order valence-electron chi connectivity index (χ4n) is 2.02. The van der Waals surface area contributed by atoms with Crippen LogP contribution in [-0.4, -0.2) is 41.5 Å². The highest BCUT2D eigenvalue weighted by molar-refractivity contribution is 5.97. The van der Waals surface area contributed by atoms with Gasteiger partial charge in [0.1, 0.15) is 12.2 Å². The number of carbonyl (C=O) groups is 3. The zero-order valence-electron chi connectivity index (χ0n) is 10.1. The molecule has 1 aliphatic rings. The van der Waals surface area contributed by atoms with E-state index in [1.165, 1.54) is 7.11 Å². The number of rotatable bonds is 6. The molecule has 1 saturated heterocycles. The summed E-state index contributed by atoms with van der Waals surface area (Å²) in [6.07, 6.45) is -0.470. The van der Waals surface area contributed by atoms with E-state index in [1.807, 2.05) is 0 Å². The molecule has 0 bridgehead atoms. The number of β-lactam (4-membered cyclic amide) rings is 1. The van der Waals surface area contributed by atoms with Gasteiger partial charge in [-0.15, -0.1) is 0 Å². The number of hydrogen-bond donors (Lipinski definition) is 2. The number of hydrogen-bond acceptors (Lipinski definition) is 4. The molecule has 0 saturated carbocycles. The third-order valence-corrected chi connectivity index (χ3v) is 3.08. The molecule has 0 spiro atoms. The second kappa shape index (κ2) is 4.83. The lowest BCUT2D eigenvalue weighted by molar-refractivity contribution is -0.152. The van der Waals surface area contributed by atoms with Crippen molar-refractivity contribution in [2.45, 2.75) is 38.3 Å². The molecular weight excluding hydrogens is 226 g/mol. The van der Waals surface area contributed by atoms with E-state index in [9.17, 15) is 14.4 Å². The topological polar surface area (TPSA) is 92.7 Å². The van der Waals surface area contributed by atoms with Crippen LogP contribution in [0.15, 0.2) is 0 Å². The van der Waals surface area contributed by atoms with Gasteiger partial charge in [-0.3, -0.25) is 14.4 Å². The summed E-state index contributed by atoms with van der Waals surface area (Å²) in [5.74, 6) is -2.11. The number of carboxylic acids is 1. The summed E-state index contributed by atoms with van der Waals surface area (Å²) in [6, 6.07) is -0.329. The number of amides is 1. The van der Waals surface area contributed by atoms with Gasteiger partial charge in [-0.25, -0.2) is 0 Å². The molecule has 1 fully saturated rings. The molecule has 17 heavy (non-hydrogen) atoms. The van der Waals surface area contributed by atoms with Crippen LogP contribution < -0.4 is 5.32 Å². The first-order valence-corrected chi connectivity index (χ1v) is 5.37. The van der Waals surface area contributed by atoms with Gasteiger partial charge in [-0.2, -0.15) is 0 Å². The number of carbonyl (C=O) groups excluding carboxylic acids is 2. The third-order valence-electron chi connectivity index (χ3n) is 3.08. The highest BCUT2D eigenvalue weighted by atomic mass is 16.5. The molecule has 0 radical (unpaired) electrons. The number of aliphatic carboxylic acids is 1. The molecule has 2 unspecified atom stereocenters. The molecule has 0 aromatic heterocycles. The van der Waals surface area contributed by atoms with Crippen LogP contribution in [0.3, 0.4) is 0 Å². The van der Waals surface area contributed by atoms with E-state index in [2.05, 4.69) is 5.32 Å². The highest BCUT2D eigenvalue weighted by Gasteiger charge is 2.49. The van der Waals surface area contributed by atoms with E-state index in [1.54, 1.807) is 13.8 Å². The first kappa shape index (κ1) is 13.6. The Bertz CT molecular complexity index is 350. The zero-order valence-corrected chi connectivity index (χ0v) is 10.1. The van der Waals surface area contributed by atoms with Crippen molar-refractivity contribution in [3.05, 3.63) is 0 Å². The Morgan fingerprint density at radius 1 is 1.47 bits per heavy atom. The predicted octanol–water partition coefficient (Wildman–Crippen LogP) is -0.0401. The van der Waals surface area contributed by atoms with Crippen LogP contribution in [0.25, 0.3) is 0 Å². The molecule has 1 heterocycles. The molecular formula is C11H17NO5. The van der Waals surface area contributed by atoms with E-state index in [0.717, 1.165) is 0 Å². The van der Waals surface area contributed by atoms with Crippen molar-refractivity contribution in [1.29, 1.82) is 0 Å². The van der Waals surface area contributed by atoms with E-state index in [-0.39, 0.29) is 24.2 Å². The van der Waals surface area contributed by atoms with Gasteiger partial charge < -0.3 is 15.2 Å². The Balaban J connectivity index is 2.59. The minimum atomic E-state index is -1.15. The molecule has 0 aromatic carbocycles. The van der Waals surface area contributed by atoms with Gasteiger partial charge in [0.05, 0.1) is 17.6 Å². The normalized spacial score (nSPS) is 23.8. The van der Waals surface area contributed by atoms with Gasteiger partial charge in [-0.05, 0) is 13.8 Å². The van der Waals surface area contributed by atoms with Crippen LogP contribution in [0, 0.1) is 5.92 Å². The van der Waals surface area contributed by atoms with Gasteiger partial charge in [0.2, 0.25) is 5.91 Å². The van der Waals surface area contributed by atoms with Crippen molar-refractivity contribution < 1.29 is 24.2 Å². The fourth-order valence-corrected chi connectivity index (χ4v) is 2.02. The van der Waals surface area contributed by atoms with E-state index in [0.29, 0.717) is 0 Å². The number of Topliss-reactive ketones (excluding diaryl/α,β-unsaturated/α-hetero) is 1. The summed E-state index contributed by atoms with van der Waals surface area (Å²) >= 11 is 0. The molecule has 1 rings (SSSR count). The lowest BCUT2D eigenvalue weighted by Gasteiger charge is -2.45. The molecule has 0 aromatic rings. The lowest BCUT2D eigenvalue weighted by Crippen LogP contribution is -2.66. The Kier molecular flexibility index (Phi) is 3.87. The van der Waals surface area contributed by atoms with E-state index < -0.39 is 23.9 Å². The maximum atomic E-state index is 11.4. The highest BCUT2D eigenvalue weighted by Crippen LogP contribution is 2.32. The molecule has 1 aliphatic heterocycles. The lowest BCUT2D eigenvalue weighted by atomic mass is 9.75. The standard InChI is InChI=1S/C11H17NO5/c1-11(2,17-3)9-7(12-10(9)16)4-6(13)5-8(14)15/h7,9H,4-5H2,1-3H3,(H,12,16)(H,14,15). The zero-order chi connectivity index (χ0) is 13.2. The number of methoxy groups -OCH3 is 1. The van der Waals surface area contributed by atoms with Gasteiger partial charge in [0, 0.05) is 13.5 Å². The average molecular weight is 243 g/mol. The minimum Gasteiger partial charge on any atom is -0.481 e. The van der Waals surface area contributed by atoms with Crippen LogP contribution in [0.1, 0.15) is 26.7 Å². The summed E-state index contributed by atoms with van der Waals surface area (Å²) in [5.41, 5.74) is -0.656. The van der Waals surface area contributed by atoms with Crippen molar-refractivity contribution in [3.8, 4) is 0 Å². The average Bonchev–Trinajstić information content (AvgIpc) is 2.14. The molecule has 96 valence electrons. The Morgan fingerprint density at radius 3 is 2.47 bits per heavy atom. The molecule has 6 nitrogen and oxygen atoms in total. The summed E-state index contributed by atoms with van der Waals surface area (Å²) in [5, 5.41) is 11.1. The monoisotopic (exact) mass is 243 g/mol. The van der Waals surface area contributed by atoms with Crippen LogP contribution in [0.5, 0.6) is 0 Å². The first-order valence-electron chi connectivity index (χ1n) is 5.37. The van der Waals surface area contributed by atoms with Crippen LogP contribution in [0.2, 0.25) is 0 Å². The number of carboxylic acid groups (broad SMARTS) is 1. The smallest absolute Gasteiger partial charge is 0.310 e. The number of ketones is 1. The second-order valence-electron chi connectivity index (χ2n) is 4.71. The van der Waals surface area contributed by atoms with Crippen molar-refractivity contribution >= 4 is 17.7 Å². The van der Waals surface area contributed by atoms with Gasteiger partial charge in [0.25, 0.3) is 0 Å². The van der Waals surface area contributed by atoms with Crippen molar-refractivity contribution in [3.63, 3.8) is 0 Å². The molecule has 1 amide bonds. The summed E-state index contributed by atoms with van der Waals surface area (Å²) in [7, 11) is 1.50. The van der Waals surface area contributed by atoms with Crippen molar-refractivity contribution in [2.75, 3.05) is 7.11 Å². The van der Waals surface area contributed by atoms with Crippen LogP contribution in [-0.2, 0) is 19.1 Å². The van der Waals surface area contributed by atoms with Gasteiger partial charge >= 0.3 is 5.97 Å². The van der Waals surface area contributed by atoms with Crippen molar-refractivity contribution in [1.82, 2.24) is 5.32 Å². The fraction of sp³-hybridized carbons (Fsp3) is 0.727. The maximum absolute atomic E-state index is 11.4. The summed E-state index contributed by atoms with van der Waals surface area (Å²) in [6.45, 7) is 3.54. The van der Waals surface area contributed by atoms with E-state index >= 15 is 0 Å². The minimum absolute atomic E-state index is 0.0372. The maximum Gasteiger partial charge on any atom is 0.310 e. The predicted molar refractivity (Wildman–Crippen MR) is 58.4 cm³/mol. The Labute approximate surface area is 99.3 Å². The van der Waals surface area contributed by atoms with Crippen LogP contribution >= 0.6 is 0 Å². The van der Waals surface area contributed by atoms with E-state index in [4.69, 9.17) is 9.84 Å². The molecule has 6 heteroatoms. The first-order chi connectivity index (χ1) is 7.77. The largest absolute Gasteiger partial charge is 0.481 e. The Hall–Kier alpha value is -1.43. The van der Waals surface area contributed by atoms with Gasteiger partial charge in [0.15, 0.2) is 0 Å². The quantitative estimate of drug-likeness (QED) is 0.504. The number of ether oxygens (including phenoxy) is 1. The summed E-state index contributed by atoms with van der Waals surface area (Å²) in [4.78, 5) is 33.1. The Morgan fingerprint density at radius 2 is 2.06 bits per heavy atom. The molecule has 2 atom stereocenters. The summed E-state index contributed by atoms with van der Waals surface area (Å²) < 4.78 is 5.22. The van der Waals surface area contributed by atoms with Crippen LogP contribution in [0.4, 0.5) is 0 Å². The second-order valence-corrected chi connectivity index (χ2v) is 4.71. The SMILES string of the molecule is COC(C)(C)C1C(=O)NC1CC(=O)CC(=O)O. The van der Waals surface area contributed by atoms with Crippen molar-refractivity contribution in [2.24, 2.45) is 5.92 Å².